The lowest BCUT2D eigenvalue weighted by molar-refractivity contribution is -0.126. The van der Waals surface area contributed by atoms with Gasteiger partial charge in [0.2, 0.25) is 5.91 Å². The summed E-state index contributed by atoms with van der Waals surface area (Å²) in [5, 5.41) is 2.94. The highest BCUT2D eigenvalue weighted by Crippen LogP contribution is 2.26. The number of likely N-dealkylation sites (tertiary alicyclic amines) is 1. The van der Waals surface area contributed by atoms with Gasteiger partial charge in [-0.05, 0) is 40.2 Å². The molecular weight excluding hydrogens is 278 g/mol. The maximum absolute atomic E-state index is 12.0. The van der Waals surface area contributed by atoms with E-state index in [2.05, 4.69) is 22.1 Å². The van der Waals surface area contributed by atoms with Gasteiger partial charge in [0.25, 0.3) is 0 Å². The highest BCUT2D eigenvalue weighted by Gasteiger charge is 2.26. The molecule has 0 spiro atoms. The largest absolute Gasteiger partial charge is 0.496 e. The van der Waals surface area contributed by atoms with Gasteiger partial charge in [0, 0.05) is 37.0 Å². The summed E-state index contributed by atoms with van der Waals surface area (Å²) >= 11 is 0. The van der Waals surface area contributed by atoms with Gasteiger partial charge in [-0.2, -0.15) is 0 Å². The second-order valence-corrected chi connectivity index (χ2v) is 6.02. The fourth-order valence-electron chi connectivity index (χ4n) is 3.17. The zero-order chi connectivity index (χ0) is 16.1. The Morgan fingerprint density at radius 3 is 2.95 bits per heavy atom. The zero-order valence-electron chi connectivity index (χ0n) is 14.1. The number of piperidine rings is 1. The Kier molecular flexibility index (Phi) is 5.77. The molecule has 1 unspecified atom stereocenters. The van der Waals surface area contributed by atoms with E-state index in [0.29, 0.717) is 6.54 Å². The predicted molar refractivity (Wildman–Crippen MR) is 86.9 cm³/mol. The van der Waals surface area contributed by atoms with E-state index in [1.807, 2.05) is 20.0 Å². The first-order chi connectivity index (χ1) is 10.6. The van der Waals surface area contributed by atoms with Crippen LogP contribution in [0.2, 0.25) is 0 Å². The van der Waals surface area contributed by atoms with Crippen LogP contribution in [0.5, 0.6) is 5.75 Å². The molecule has 1 atom stereocenters. The van der Waals surface area contributed by atoms with Crippen molar-refractivity contribution in [3.8, 4) is 5.75 Å². The Bertz CT molecular complexity index is 531. The number of carbonyl (C=O) groups is 1. The van der Waals surface area contributed by atoms with Crippen LogP contribution < -0.4 is 10.1 Å². The molecule has 1 saturated heterocycles. The standard InChI is InChI=1S/C17H27N3O2/c1-5-18-17(21)14-7-6-8-20(10-14)11-15-13(3)16(22-4)12(2)9-19-15/h9,14H,5-8,10-11H2,1-4H3,(H,18,21). The number of carbonyl (C=O) groups excluding carboxylic acids is 1. The number of nitrogens with one attached hydrogen (secondary N) is 1. The van der Waals surface area contributed by atoms with E-state index >= 15 is 0 Å². The molecular formula is C17H27N3O2. The van der Waals surface area contributed by atoms with Crippen LogP contribution >= 0.6 is 0 Å². The molecule has 1 aliphatic rings. The maximum Gasteiger partial charge on any atom is 0.224 e. The number of pyridine rings is 1. The normalized spacial score (nSPS) is 19.0. The Morgan fingerprint density at radius 1 is 1.50 bits per heavy atom. The van der Waals surface area contributed by atoms with Crippen molar-refractivity contribution in [2.45, 2.75) is 40.2 Å². The average Bonchev–Trinajstić information content (AvgIpc) is 2.51. The minimum absolute atomic E-state index is 0.0985. The van der Waals surface area contributed by atoms with E-state index in [-0.39, 0.29) is 11.8 Å². The molecule has 0 aliphatic carbocycles. The molecule has 1 aromatic rings. The van der Waals surface area contributed by atoms with E-state index in [9.17, 15) is 4.79 Å². The molecule has 2 heterocycles. The van der Waals surface area contributed by atoms with Gasteiger partial charge in [0.05, 0.1) is 18.7 Å². The Morgan fingerprint density at radius 2 is 2.27 bits per heavy atom. The molecule has 0 aromatic carbocycles. The van der Waals surface area contributed by atoms with Crippen LogP contribution in [0.1, 0.15) is 36.6 Å². The topological polar surface area (TPSA) is 54.5 Å². The first-order valence-corrected chi connectivity index (χ1v) is 8.06. The van der Waals surface area contributed by atoms with Crippen molar-refractivity contribution in [2.24, 2.45) is 5.92 Å². The molecule has 22 heavy (non-hydrogen) atoms. The third-order valence-corrected chi connectivity index (χ3v) is 4.35. The van der Waals surface area contributed by atoms with Crippen LogP contribution in [0.3, 0.4) is 0 Å². The molecule has 2 rings (SSSR count). The number of nitrogens with zero attached hydrogens (tertiary/aromatic N) is 2. The number of ether oxygens (including phenoxy) is 1. The van der Waals surface area contributed by atoms with Crippen molar-refractivity contribution in [3.63, 3.8) is 0 Å². The number of hydrogen-bond donors (Lipinski definition) is 1. The number of rotatable bonds is 5. The van der Waals surface area contributed by atoms with E-state index in [1.54, 1.807) is 7.11 Å². The molecule has 0 saturated carbocycles. The van der Waals surface area contributed by atoms with Gasteiger partial charge in [-0.25, -0.2) is 0 Å². The number of hydrogen-bond acceptors (Lipinski definition) is 4. The van der Waals surface area contributed by atoms with E-state index in [1.165, 1.54) is 0 Å². The molecule has 1 fully saturated rings. The summed E-state index contributed by atoms with van der Waals surface area (Å²) < 4.78 is 5.47. The average molecular weight is 305 g/mol. The molecule has 1 N–H and O–H groups in total. The van der Waals surface area contributed by atoms with Crippen molar-refractivity contribution in [2.75, 3.05) is 26.7 Å². The zero-order valence-corrected chi connectivity index (χ0v) is 14.1. The SMILES string of the molecule is CCNC(=O)C1CCCN(Cc2ncc(C)c(OC)c2C)C1. The molecule has 122 valence electrons. The molecule has 1 aliphatic heterocycles. The van der Waals surface area contributed by atoms with Crippen molar-refractivity contribution >= 4 is 5.91 Å². The summed E-state index contributed by atoms with van der Waals surface area (Å²) in [4.78, 5) is 18.9. The van der Waals surface area contributed by atoms with Crippen LogP contribution in [0.4, 0.5) is 0 Å². The van der Waals surface area contributed by atoms with Gasteiger partial charge in [0.15, 0.2) is 0 Å². The first kappa shape index (κ1) is 16.7. The minimum atomic E-state index is 0.0985. The smallest absolute Gasteiger partial charge is 0.224 e. The summed E-state index contributed by atoms with van der Waals surface area (Å²) in [7, 11) is 1.70. The van der Waals surface area contributed by atoms with E-state index < -0.39 is 0 Å². The number of amides is 1. The molecule has 1 aromatic heterocycles. The third kappa shape index (κ3) is 3.77. The second-order valence-electron chi connectivity index (χ2n) is 6.02. The fourth-order valence-corrected chi connectivity index (χ4v) is 3.17. The summed E-state index contributed by atoms with van der Waals surface area (Å²) in [6.45, 7) is 9.33. The lowest BCUT2D eigenvalue weighted by Gasteiger charge is -2.32. The number of methoxy groups -OCH3 is 1. The lowest BCUT2D eigenvalue weighted by atomic mass is 9.96. The van der Waals surface area contributed by atoms with Gasteiger partial charge in [-0.3, -0.25) is 14.7 Å². The Labute approximate surface area is 133 Å². The Hall–Kier alpha value is -1.62. The third-order valence-electron chi connectivity index (χ3n) is 4.35. The summed E-state index contributed by atoms with van der Waals surface area (Å²) in [5.74, 6) is 1.20. The molecule has 5 nitrogen and oxygen atoms in total. The highest BCUT2D eigenvalue weighted by molar-refractivity contribution is 5.78. The summed E-state index contributed by atoms with van der Waals surface area (Å²) in [6, 6.07) is 0. The van der Waals surface area contributed by atoms with Gasteiger partial charge in [-0.15, -0.1) is 0 Å². The van der Waals surface area contributed by atoms with Crippen LogP contribution in [0.25, 0.3) is 0 Å². The van der Waals surface area contributed by atoms with Gasteiger partial charge in [0.1, 0.15) is 5.75 Å². The van der Waals surface area contributed by atoms with E-state index in [0.717, 1.165) is 55.0 Å². The summed E-state index contributed by atoms with van der Waals surface area (Å²) in [5.41, 5.74) is 3.20. The molecule has 5 heteroatoms. The second kappa shape index (κ2) is 7.58. The fraction of sp³-hybridized carbons (Fsp3) is 0.647. The van der Waals surface area contributed by atoms with Crippen molar-refractivity contribution in [3.05, 3.63) is 23.0 Å². The van der Waals surface area contributed by atoms with Crippen LogP contribution in [0, 0.1) is 19.8 Å². The highest BCUT2D eigenvalue weighted by atomic mass is 16.5. The minimum Gasteiger partial charge on any atom is -0.496 e. The van der Waals surface area contributed by atoms with Gasteiger partial charge < -0.3 is 10.1 Å². The molecule has 0 bridgehead atoms. The van der Waals surface area contributed by atoms with Gasteiger partial charge >= 0.3 is 0 Å². The monoisotopic (exact) mass is 305 g/mol. The van der Waals surface area contributed by atoms with Gasteiger partial charge in [-0.1, -0.05) is 0 Å². The van der Waals surface area contributed by atoms with E-state index in [4.69, 9.17) is 4.74 Å². The van der Waals surface area contributed by atoms with Crippen molar-refractivity contribution < 1.29 is 9.53 Å². The first-order valence-electron chi connectivity index (χ1n) is 8.06. The van der Waals surface area contributed by atoms with Crippen molar-refractivity contribution in [1.82, 2.24) is 15.2 Å². The maximum atomic E-state index is 12.0. The number of aromatic nitrogens is 1. The summed E-state index contributed by atoms with van der Waals surface area (Å²) in [6.07, 6.45) is 3.90. The lowest BCUT2D eigenvalue weighted by Crippen LogP contribution is -2.42. The van der Waals surface area contributed by atoms with Crippen LogP contribution in [-0.4, -0.2) is 42.5 Å². The van der Waals surface area contributed by atoms with Crippen LogP contribution in [0.15, 0.2) is 6.20 Å². The predicted octanol–water partition coefficient (Wildman–Crippen LogP) is 2.06. The van der Waals surface area contributed by atoms with Crippen LogP contribution in [-0.2, 0) is 11.3 Å². The Balaban J connectivity index is 2.06. The van der Waals surface area contributed by atoms with Crippen molar-refractivity contribution in [1.29, 1.82) is 0 Å². The molecule has 0 radical (unpaired) electrons. The quantitative estimate of drug-likeness (QED) is 0.904. The molecule has 1 amide bonds. The number of aryl methyl sites for hydroxylation is 1.